The molecule has 1 atom stereocenters. The van der Waals surface area contributed by atoms with Gasteiger partial charge >= 0.3 is 0 Å². The van der Waals surface area contributed by atoms with Crippen LogP contribution in [0.1, 0.15) is 32.8 Å². The lowest BCUT2D eigenvalue weighted by molar-refractivity contribution is 0.413. The van der Waals surface area contributed by atoms with Crippen molar-refractivity contribution < 1.29 is 4.74 Å². The van der Waals surface area contributed by atoms with E-state index in [0.29, 0.717) is 0 Å². The van der Waals surface area contributed by atoms with Crippen molar-refractivity contribution in [3.05, 3.63) is 29.8 Å². The molecule has 0 aliphatic heterocycles. The number of methoxy groups -OCH3 is 1. The average Bonchev–Trinajstić information content (AvgIpc) is 2.36. The van der Waals surface area contributed by atoms with Gasteiger partial charge in [-0.2, -0.15) is 0 Å². The van der Waals surface area contributed by atoms with Gasteiger partial charge in [0.05, 0.1) is 7.11 Å². The molecule has 1 aromatic rings. The Kier molecular flexibility index (Phi) is 5.88. The molecule has 0 saturated carbocycles. The summed E-state index contributed by atoms with van der Waals surface area (Å²) < 4.78 is 5.22. The Morgan fingerprint density at radius 2 is 2.11 bits per heavy atom. The van der Waals surface area contributed by atoms with Gasteiger partial charge in [-0.05, 0) is 44.9 Å². The molecule has 0 aliphatic carbocycles. The van der Waals surface area contributed by atoms with Crippen molar-refractivity contribution in [2.45, 2.75) is 39.7 Å². The molecular weight excluding hydrogens is 236 g/mol. The number of nitrogens with two attached hydrogens (primary N) is 1. The van der Waals surface area contributed by atoms with Crippen molar-refractivity contribution in [1.29, 1.82) is 0 Å². The van der Waals surface area contributed by atoms with Crippen LogP contribution in [0.3, 0.4) is 0 Å². The first-order valence-electron chi connectivity index (χ1n) is 6.53. The van der Waals surface area contributed by atoms with Crippen molar-refractivity contribution in [3.8, 4) is 17.6 Å². The SMILES string of the molecule is COc1cccc(CC(CC#CC(C)(C)C)NN)c1. The zero-order valence-electron chi connectivity index (χ0n) is 12.3. The molecule has 0 spiro atoms. The molecule has 0 aromatic heterocycles. The molecule has 0 bridgehead atoms. The zero-order chi connectivity index (χ0) is 14.3. The van der Waals surface area contributed by atoms with Crippen molar-refractivity contribution in [3.63, 3.8) is 0 Å². The molecule has 0 heterocycles. The second-order valence-corrected chi connectivity index (χ2v) is 5.68. The fourth-order valence-electron chi connectivity index (χ4n) is 1.71. The highest BCUT2D eigenvalue weighted by Gasteiger charge is 2.08. The van der Waals surface area contributed by atoms with Gasteiger partial charge in [0.2, 0.25) is 0 Å². The van der Waals surface area contributed by atoms with Gasteiger partial charge in [-0.25, -0.2) is 0 Å². The molecule has 1 aromatic carbocycles. The Labute approximate surface area is 116 Å². The highest BCUT2D eigenvalue weighted by Crippen LogP contribution is 2.15. The number of benzene rings is 1. The van der Waals surface area contributed by atoms with E-state index < -0.39 is 0 Å². The topological polar surface area (TPSA) is 47.3 Å². The third-order valence-corrected chi connectivity index (χ3v) is 2.66. The van der Waals surface area contributed by atoms with E-state index in [4.69, 9.17) is 10.6 Å². The van der Waals surface area contributed by atoms with Crippen LogP contribution < -0.4 is 16.0 Å². The first kappa shape index (κ1) is 15.6. The second kappa shape index (κ2) is 7.18. The molecule has 0 fully saturated rings. The smallest absolute Gasteiger partial charge is 0.119 e. The quantitative estimate of drug-likeness (QED) is 0.486. The van der Waals surface area contributed by atoms with E-state index in [-0.39, 0.29) is 11.5 Å². The van der Waals surface area contributed by atoms with Crippen LogP contribution in [0.5, 0.6) is 5.75 Å². The molecule has 0 radical (unpaired) electrons. The summed E-state index contributed by atoms with van der Waals surface area (Å²) in [5.41, 5.74) is 4.06. The van der Waals surface area contributed by atoms with Gasteiger partial charge in [0.1, 0.15) is 5.75 Å². The third kappa shape index (κ3) is 6.28. The van der Waals surface area contributed by atoms with E-state index in [0.717, 1.165) is 18.6 Å². The van der Waals surface area contributed by atoms with Crippen molar-refractivity contribution in [1.82, 2.24) is 5.43 Å². The predicted octanol–water partition coefficient (Wildman–Crippen LogP) is 2.51. The first-order valence-corrected chi connectivity index (χ1v) is 6.53. The van der Waals surface area contributed by atoms with Gasteiger partial charge < -0.3 is 4.74 Å². The highest BCUT2D eigenvalue weighted by atomic mass is 16.5. The van der Waals surface area contributed by atoms with Gasteiger partial charge in [-0.15, -0.1) is 5.92 Å². The molecule has 1 unspecified atom stereocenters. The van der Waals surface area contributed by atoms with Gasteiger partial charge in [-0.1, -0.05) is 18.1 Å². The average molecular weight is 260 g/mol. The first-order chi connectivity index (χ1) is 8.94. The van der Waals surface area contributed by atoms with E-state index in [1.54, 1.807) is 7.11 Å². The number of rotatable bonds is 5. The van der Waals surface area contributed by atoms with E-state index >= 15 is 0 Å². The number of hydrazine groups is 1. The number of nitrogens with one attached hydrogen (secondary N) is 1. The predicted molar refractivity (Wildman–Crippen MR) is 79.7 cm³/mol. The molecule has 104 valence electrons. The number of hydrogen-bond acceptors (Lipinski definition) is 3. The minimum Gasteiger partial charge on any atom is -0.497 e. The molecule has 1 rings (SSSR count). The van der Waals surface area contributed by atoms with Gasteiger partial charge in [0, 0.05) is 17.9 Å². The lowest BCUT2D eigenvalue weighted by Gasteiger charge is -2.14. The summed E-state index contributed by atoms with van der Waals surface area (Å²) in [6.45, 7) is 6.31. The summed E-state index contributed by atoms with van der Waals surface area (Å²) in [6.07, 6.45) is 1.58. The summed E-state index contributed by atoms with van der Waals surface area (Å²) in [5, 5.41) is 0. The number of ether oxygens (including phenoxy) is 1. The zero-order valence-corrected chi connectivity index (χ0v) is 12.3. The lowest BCUT2D eigenvalue weighted by Crippen LogP contribution is -2.36. The van der Waals surface area contributed by atoms with Crippen LogP contribution in [0, 0.1) is 17.3 Å². The lowest BCUT2D eigenvalue weighted by atomic mass is 9.97. The van der Waals surface area contributed by atoms with Crippen molar-refractivity contribution in [2.75, 3.05) is 7.11 Å². The fourth-order valence-corrected chi connectivity index (χ4v) is 1.71. The fraction of sp³-hybridized carbons (Fsp3) is 0.500. The highest BCUT2D eigenvalue weighted by molar-refractivity contribution is 5.29. The van der Waals surface area contributed by atoms with Gasteiger partial charge in [0.15, 0.2) is 0 Å². The Morgan fingerprint density at radius 3 is 2.68 bits per heavy atom. The summed E-state index contributed by atoms with van der Waals surface area (Å²) in [4.78, 5) is 0. The molecule has 19 heavy (non-hydrogen) atoms. The Morgan fingerprint density at radius 1 is 1.37 bits per heavy atom. The Hall–Kier alpha value is -1.50. The molecule has 3 nitrogen and oxygen atoms in total. The van der Waals surface area contributed by atoms with Crippen LogP contribution in [0.2, 0.25) is 0 Å². The molecule has 3 heteroatoms. The summed E-state index contributed by atoms with van der Waals surface area (Å²) >= 11 is 0. The van der Waals surface area contributed by atoms with Crippen LogP contribution >= 0.6 is 0 Å². The van der Waals surface area contributed by atoms with Crippen LogP contribution in [0.15, 0.2) is 24.3 Å². The minimum absolute atomic E-state index is 0.0368. The van der Waals surface area contributed by atoms with Crippen molar-refractivity contribution in [2.24, 2.45) is 11.3 Å². The Balaban J connectivity index is 2.63. The van der Waals surface area contributed by atoms with Gasteiger partial charge in [0.25, 0.3) is 0 Å². The van der Waals surface area contributed by atoms with E-state index in [1.807, 2.05) is 18.2 Å². The van der Waals surface area contributed by atoms with E-state index in [9.17, 15) is 0 Å². The van der Waals surface area contributed by atoms with Crippen molar-refractivity contribution >= 4 is 0 Å². The monoisotopic (exact) mass is 260 g/mol. The van der Waals surface area contributed by atoms with Crippen LogP contribution in [0.25, 0.3) is 0 Å². The molecule has 0 amide bonds. The maximum atomic E-state index is 5.59. The molecule has 3 N–H and O–H groups in total. The van der Waals surface area contributed by atoms with Crippen LogP contribution in [-0.4, -0.2) is 13.2 Å². The molecule has 0 aliphatic rings. The third-order valence-electron chi connectivity index (χ3n) is 2.66. The maximum Gasteiger partial charge on any atom is 0.119 e. The van der Waals surface area contributed by atoms with Crippen LogP contribution in [-0.2, 0) is 6.42 Å². The largest absolute Gasteiger partial charge is 0.497 e. The maximum absolute atomic E-state index is 5.59. The van der Waals surface area contributed by atoms with Crippen LogP contribution in [0.4, 0.5) is 0 Å². The number of hydrogen-bond donors (Lipinski definition) is 2. The Bertz CT molecular complexity index is 452. The van der Waals surface area contributed by atoms with Gasteiger partial charge in [-0.3, -0.25) is 11.3 Å². The molecule has 0 saturated heterocycles. The summed E-state index contributed by atoms with van der Waals surface area (Å²) in [7, 11) is 1.67. The minimum atomic E-state index is 0.0368. The van der Waals surface area contributed by atoms with E-state index in [2.05, 4.69) is 44.1 Å². The molecular formula is C16H24N2O. The summed E-state index contributed by atoms with van der Waals surface area (Å²) in [6, 6.07) is 8.18. The normalized spacial score (nSPS) is 12.5. The second-order valence-electron chi connectivity index (χ2n) is 5.68. The standard InChI is InChI=1S/C16H24N2O/c1-16(2,3)10-6-8-14(18-17)11-13-7-5-9-15(12-13)19-4/h5,7,9,12,14,18H,8,11,17H2,1-4H3. The summed E-state index contributed by atoms with van der Waals surface area (Å²) in [5.74, 6) is 12.9. The van der Waals surface area contributed by atoms with E-state index in [1.165, 1.54) is 5.56 Å².